The van der Waals surface area contributed by atoms with Gasteiger partial charge in [0.1, 0.15) is 12.6 Å². The van der Waals surface area contributed by atoms with Gasteiger partial charge in [-0.1, -0.05) is 37.3 Å². The zero-order chi connectivity index (χ0) is 24.1. The third-order valence-electron chi connectivity index (χ3n) is 5.41. The van der Waals surface area contributed by atoms with E-state index in [1.807, 2.05) is 58.0 Å². The van der Waals surface area contributed by atoms with Gasteiger partial charge in [0.05, 0.1) is 11.9 Å². The maximum absolute atomic E-state index is 13.5. The Labute approximate surface area is 191 Å². The minimum atomic E-state index is -3.73. The van der Waals surface area contributed by atoms with E-state index in [0.29, 0.717) is 12.1 Å². The van der Waals surface area contributed by atoms with E-state index in [4.69, 9.17) is 0 Å². The maximum Gasteiger partial charge on any atom is 0.244 e. The lowest BCUT2D eigenvalue weighted by atomic mass is 10.1. The van der Waals surface area contributed by atoms with Gasteiger partial charge in [0.2, 0.25) is 21.8 Å². The molecule has 0 aliphatic heterocycles. The number of likely N-dealkylation sites (N-methyl/N-ethyl adjacent to an activating group) is 1. The van der Waals surface area contributed by atoms with Gasteiger partial charge < -0.3 is 10.2 Å². The molecule has 7 nitrogen and oxygen atoms in total. The second kappa shape index (κ2) is 10.6. The van der Waals surface area contributed by atoms with E-state index in [-0.39, 0.29) is 19.0 Å². The fourth-order valence-corrected chi connectivity index (χ4v) is 4.60. The van der Waals surface area contributed by atoms with Crippen molar-refractivity contribution in [1.29, 1.82) is 0 Å². The first-order valence-corrected chi connectivity index (χ1v) is 12.4. The van der Waals surface area contributed by atoms with Crippen LogP contribution in [0.3, 0.4) is 0 Å². The van der Waals surface area contributed by atoms with E-state index in [1.54, 1.807) is 12.1 Å². The average Bonchev–Trinajstić information content (AvgIpc) is 2.71. The largest absolute Gasteiger partial charge is 0.357 e. The van der Waals surface area contributed by atoms with Crippen molar-refractivity contribution >= 4 is 27.5 Å². The summed E-state index contributed by atoms with van der Waals surface area (Å²) in [4.78, 5) is 27.6. The first-order valence-electron chi connectivity index (χ1n) is 10.6. The van der Waals surface area contributed by atoms with Crippen LogP contribution in [0, 0.1) is 20.8 Å². The van der Waals surface area contributed by atoms with Crippen LogP contribution in [0.15, 0.2) is 42.5 Å². The zero-order valence-corrected chi connectivity index (χ0v) is 20.5. The lowest BCUT2D eigenvalue weighted by Crippen LogP contribution is -2.51. The molecule has 0 aliphatic rings. The summed E-state index contributed by atoms with van der Waals surface area (Å²) in [5.41, 5.74) is 4.12. The number of rotatable bonds is 9. The first-order chi connectivity index (χ1) is 15.0. The number of benzene rings is 2. The van der Waals surface area contributed by atoms with Crippen LogP contribution >= 0.6 is 0 Å². The van der Waals surface area contributed by atoms with Crippen molar-refractivity contribution in [2.75, 3.05) is 24.2 Å². The highest BCUT2D eigenvalue weighted by molar-refractivity contribution is 7.92. The Morgan fingerprint density at radius 3 is 2.12 bits per heavy atom. The Hall–Kier alpha value is -2.87. The van der Waals surface area contributed by atoms with Gasteiger partial charge in [0.25, 0.3) is 0 Å². The minimum absolute atomic E-state index is 0.210. The molecule has 0 bridgehead atoms. The monoisotopic (exact) mass is 459 g/mol. The standard InChI is InChI=1S/C24H33N3O4S/c1-7-22(24(29)25-5)26(15-20-11-9-8-10-19(20)4)23(28)16-27(32(6,30)31)21-13-17(2)12-18(3)14-21/h8-14,22H,7,15-16H2,1-6H3,(H,25,29)/t22-/m0/s1. The Bertz CT molecular complexity index is 1060. The molecule has 8 heteroatoms. The van der Waals surface area contributed by atoms with Crippen molar-refractivity contribution in [1.82, 2.24) is 10.2 Å². The van der Waals surface area contributed by atoms with Crippen LogP contribution in [0.5, 0.6) is 0 Å². The smallest absolute Gasteiger partial charge is 0.244 e. The molecule has 2 rings (SSSR count). The van der Waals surface area contributed by atoms with E-state index in [2.05, 4.69) is 5.32 Å². The highest BCUT2D eigenvalue weighted by Crippen LogP contribution is 2.23. The molecule has 174 valence electrons. The minimum Gasteiger partial charge on any atom is -0.357 e. The predicted molar refractivity (Wildman–Crippen MR) is 128 cm³/mol. The lowest BCUT2D eigenvalue weighted by Gasteiger charge is -2.33. The summed E-state index contributed by atoms with van der Waals surface area (Å²) in [6.07, 6.45) is 1.49. The number of hydrogen-bond acceptors (Lipinski definition) is 4. The summed E-state index contributed by atoms with van der Waals surface area (Å²) in [6, 6.07) is 12.3. The molecule has 0 unspecified atom stereocenters. The Balaban J connectivity index is 2.48. The van der Waals surface area contributed by atoms with Gasteiger partial charge >= 0.3 is 0 Å². The van der Waals surface area contributed by atoms with Crippen LogP contribution in [-0.2, 0) is 26.2 Å². The number of amides is 2. The Kier molecular flexibility index (Phi) is 8.44. The molecular formula is C24H33N3O4S. The summed E-state index contributed by atoms with van der Waals surface area (Å²) >= 11 is 0. The molecule has 0 aliphatic carbocycles. The molecule has 0 radical (unpaired) electrons. The Morgan fingerprint density at radius 1 is 1.03 bits per heavy atom. The molecule has 0 saturated carbocycles. The molecule has 32 heavy (non-hydrogen) atoms. The highest BCUT2D eigenvalue weighted by Gasteiger charge is 2.31. The number of nitrogens with zero attached hydrogens (tertiary/aromatic N) is 2. The number of carbonyl (C=O) groups excluding carboxylic acids is 2. The van der Waals surface area contributed by atoms with Crippen LogP contribution in [0.1, 0.15) is 35.6 Å². The summed E-state index contributed by atoms with van der Waals surface area (Å²) in [5, 5.41) is 2.62. The fraction of sp³-hybridized carbons (Fsp3) is 0.417. The molecule has 0 spiro atoms. The number of hydrogen-bond donors (Lipinski definition) is 1. The van der Waals surface area contributed by atoms with E-state index >= 15 is 0 Å². The maximum atomic E-state index is 13.5. The van der Waals surface area contributed by atoms with Gasteiger partial charge in [0.15, 0.2) is 0 Å². The van der Waals surface area contributed by atoms with Crippen molar-refractivity contribution in [2.45, 2.75) is 46.7 Å². The zero-order valence-electron chi connectivity index (χ0n) is 19.7. The number of nitrogens with one attached hydrogen (secondary N) is 1. The van der Waals surface area contributed by atoms with Gasteiger partial charge in [-0.25, -0.2) is 8.42 Å². The SMILES string of the molecule is CC[C@@H](C(=O)NC)N(Cc1ccccc1C)C(=O)CN(c1cc(C)cc(C)c1)S(C)(=O)=O. The molecule has 0 saturated heterocycles. The van der Waals surface area contributed by atoms with E-state index < -0.39 is 22.0 Å². The van der Waals surface area contributed by atoms with Crippen molar-refractivity contribution in [2.24, 2.45) is 0 Å². The number of carbonyl (C=O) groups is 2. The van der Waals surface area contributed by atoms with Crippen LogP contribution in [0.4, 0.5) is 5.69 Å². The molecular weight excluding hydrogens is 426 g/mol. The van der Waals surface area contributed by atoms with Gasteiger partial charge in [-0.3, -0.25) is 13.9 Å². The normalized spacial score (nSPS) is 12.2. The summed E-state index contributed by atoms with van der Waals surface area (Å²) < 4.78 is 26.4. The van der Waals surface area contributed by atoms with Gasteiger partial charge in [-0.15, -0.1) is 0 Å². The predicted octanol–water partition coefficient (Wildman–Crippen LogP) is 2.93. The molecule has 2 aromatic rings. The second-order valence-electron chi connectivity index (χ2n) is 8.10. The van der Waals surface area contributed by atoms with Crippen molar-refractivity contribution in [3.05, 3.63) is 64.7 Å². The lowest BCUT2D eigenvalue weighted by molar-refractivity contribution is -0.140. The summed E-state index contributed by atoms with van der Waals surface area (Å²) in [5.74, 6) is -0.722. The molecule has 1 N–H and O–H groups in total. The molecule has 2 aromatic carbocycles. The van der Waals surface area contributed by atoms with Gasteiger partial charge in [-0.05, 0) is 61.6 Å². The number of aryl methyl sites for hydroxylation is 3. The molecule has 2 amide bonds. The van der Waals surface area contributed by atoms with Crippen molar-refractivity contribution < 1.29 is 18.0 Å². The topological polar surface area (TPSA) is 86.8 Å². The van der Waals surface area contributed by atoms with Crippen LogP contribution in [0.2, 0.25) is 0 Å². The van der Waals surface area contributed by atoms with E-state index in [1.165, 1.54) is 11.9 Å². The summed E-state index contributed by atoms with van der Waals surface area (Å²) in [7, 11) is -2.21. The van der Waals surface area contributed by atoms with Crippen LogP contribution in [0.25, 0.3) is 0 Å². The number of sulfonamides is 1. The molecule has 0 fully saturated rings. The number of anilines is 1. The van der Waals surface area contributed by atoms with Crippen molar-refractivity contribution in [3.8, 4) is 0 Å². The third kappa shape index (κ3) is 6.32. The first kappa shape index (κ1) is 25.4. The van der Waals surface area contributed by atoms with Gasteiger partial charge in [0, 0.05) is 13.6 Å². The second-order valence-corrected chi connectivity index (χ2v) is 10.0. The van der Waals surface area contributed by atoms with E-state index in [9.17, 15) is 18.0 Å². The quantitative estimate of drug-likeness (QED) is 0.625. The summed E-state index contributed by atoms with van der Waals surface area (Å²) in [6.45, 7) is 7.35. The molecule has 1 atom stereocenters. The van der Waals surface area contributed by atoms with Crippen LogP contribution in [-0.4, -0.2) is 51.0 Å². The van der Waals surface area contributed by atoms with Crippen molar-refractivity contribution in [3.63, 3.8) is 0 Å². The van der Waals surface area contributed by atoms with Gasteiger partial charge in [-0.2, -0.15) is 0 Å². The van der Waals surface area contributed by atoms with Crippen LogP contribution < -0.4 is 9.62 Å². The van der Waals surface area contributed by atoms with E-state index in [0.717, 1.165) is 32.8 Å². The third-order valence-corrected chi connectivity index (χ3v) is 6.55. The highest BCUT2D eigenvalue weighted by atomic mass is 32.2. The molecule has 0 heterocycles. The molecule has 0 aromatic heterocycles. The Morgan fingerprint density at radius 2 is 1.62 bits per heavy atom. The fourth-order valence-electron chi connectivity index (χ4n) is 3.77. The average molecular weight is 460 g/mol.